The third kappa shape index (κ3) is 3.70. The summed E-state index contributed by atoms with van der Waals surface area (Å²) < 4.78 is 16.2. The molecule has 1 saturated carbocycles. The summed E-state index contributed by atoms with van der Waals surface area (Å²) >= 11 is 0. The van der Waals surface area contributed by atoms with Crippen LogP contribution >= 0.6 is 0 Å². The summed E-state index contributed by atoms with van der Waals surface area (Å²) in [5, 5.41) is 4.08. The van der Waals surface area contributed by atoms with E-state index in [2.05, 4.69) is 10.1 Å². The Balaban J connectivity index is 1.64. The number of hydrogen-bond donors (Lipinski definition) is 0. The maximum atomic E-state index is 10.8. The van der Waals surface area contributed by atoms with Gasteiger partial charge in [0.15, 0.2) is 23.9 Å². The molecule has 2 aromatic rings. The molecule has 0 N–H and O–H groups in total. The lowest BCUT2D eigenvalue weighted by Gasteiger charge is -2.17. The number of aromatic nitrogens is 2. The highest BCUT2D eigenvalue weighted by Crippen LogP contribution is 2.31. The van der Waals surface area contributed by atoms with Crippen molar-refractivity contribution in [3.05, 3.63) is 35.5 Å². The third-order valence-electron chi connectivity index (χ3n) is 4.13. The van der Waals surface area contributed by atoms with Gasteiger partial charge in [0.25, 0.3) is 5.89 Å². The van der Waals surface area contributed by atoms with Crippen molar-refractivity contribution in [2.45, 2.75) is 44.6 Å². The molecule has 1 aromatic heterocycles. The van der Waals surface area contributed by atoms with Gasteiger partial charge in [0.2, 0.25) is 0 Å². The van der Waals surface area contributed by atoms with Crippen molar-refractivity contribution in [2.75, 3.05) is 7.11 Å². The van der Waals surface area contributed by atoms with Gasteiger partial charge in [-0.15, -0.1) is 0 Å². The number of nitrogens with zero attached hydrogens (tertiary/aromatic N) is 2. The van der Waals surface area contributed by atoms with E-state index < -0.39 is 0 Å². The van der Waals surface area contributed by atoms with Crippen LogP contribution in [0.1, 0.15) is 60.1 Å². The zero-order valence-corrected chi connectivity index (χ0v) is 13.2. The van der Waals surface area contributed by atoms with Gasteiger partial charge >= 0.3 is 0 Å². The van der Waals surface area contributed by atoms with Crippen molar-refractivity contribution in [2.24, 2.45) is 0 Å². The first-order chi connectivity index (χ1) is 11.3. The van der Waals surface area contributed by atoms with E-state index in [4.69, 9.17) is 14.0 Å². The molecule has 1 aliphatic rings. The summed E-state index contributed by atoms with van der Waals surface area (Å²) in [6.07, 6.45) is 6.76. The van der Waals surface area contributed by atoms with Gasteiger partial charge in [-0.1, -0.05) is 24.4 Å². The number of aldehydes is 1. The minimum Gasteiger partial charge on any atom is -0.493 e. The molecule has 23 heavy (non-hydrogen) atoms. The Kier molecular flexibility index (Phi) is 4.90. The first-order valence-electron chi connectivity index (χ1n) is 7.88. The second kappa shape index (κ2) is 7.26. The molecule has 1 aromatic carbocycles. The van der Waals surface area contributed by atoms with Crippen LogP contribution in [0, 0.1) is 0 Å². The SMILES string of the molecule is COc1cc(C=O)ccc1OCc1nc(C2CCCCC2)no1. The van der Waals surface area contributed by atoms with Crippen LogP contribution in [0.15, 0.2) is 22.7 Å². The molecule has 0 unspecified atom stereocenters. The van der Waals surface area contributed by atoms with Gasteiger partial charge in [0, 0.05) is 11.5 Å². The Morgan fingerprint density at radius 1 is 1.26 bits per heavy atom. The highest BCUT2D eigenvalue weighted by atomic mass is 16.5. The molecule has 3 rings (SSSR count). The smallest absolute Gasteiger partial charge is 0.264 e. The fourth-order valence-electron chi connectivity index (χ4n) is 2.87. The quantitative estimate of drug-likeness (QED) is 0.759. The molecular weight excluding hydrogens is 296 g/mol. The summed E-state index contributed by atoms with van der Waals surface area (Å²) in [4.78, 5) is 15.2. The van der Waals surface area contributed by atoms with E-state index in [0.29, 0.717) is 28.9 Å². The van der Waals surface area contributed by atoms with Gasteiger partial charge < -0.3 is 14.0 Å². The molecule has 122 valence electrons. The van der Waals surface area contributed by atoms with E-state index >= 15 is 0 Å². The van der Waals surface area contributed by atoms with Gasteiger partial charge in [0.05, 0.1) is 7.11 Å². The largest absolute Gasteiger partial charge is 0.493 e. The Morgan fingerprint density at radius 2 is 2.09 bits per heavy atom. The Bertz CT molecular complexity index is 662. The van der Waals surface area contributed by atoms with E-state index in [-0.39, 0.29) is 6.61 Å². The Labute approximate surface area is 134 Å². The zero-order valence-electron chi connectivity index (χ0n) is 13.2. The summed E-state index contributed by atoms with van der Waals surface area (Å²) in [5.74, 6) is 2.68. The summed E-state index contributed by atoms with van der Waals surface area (Å²) in [6.45, 7) is 0.177. The number of carbonyl (C=O) groups excluding carboxylic acids is 1. The normalized spacial score (nSPS) is 15.3. The van der Waals surface area contributed by atoms with Crippen LogP contribution in [0.5, 0.6) is 11.5 Å². The lowest BCUT2D eigenvalue weighted by Crippen LogP contribution is -2.06. The molecular formula is C17H20N2O4. The average molecular weight is 316 g/mol. The van der Waals surface area contributed by atoms with E-state index in [1.165, 1.54) is 26.4 Å². The average Bonchev–Trinajstić information content (AvgIpc) is 3.09. The van der Waals surface area contributed by atoms with Gasteiger partial charge in [-0.05, 0) is 31.0 Å². The van der Waals surface area contributed by atoms with Crippen LogP contribution in [-0.2, 0) is 6.61 Å². The number of hydrogen-bond acceptors (Lipinski definition) is 6. The van der Waals surface area contributed by atoms with Crippen LogP contribution in [0.2, 0.25) is 0 Å². The molecule has 1 fully saturated rings. The first kappa shape index (κ1) is 15.5. The number of benzene rings is 1. The molecule has 0 aliphatic heterocycles. The molecule has 0 saturated heterocycles. The van der Waals surface area contributed by atoms with Gasteiger partial charge in [-0.3, -0.25) is 4.79 Å². The Hall–Kier alpha value is -2.37. The fraction of sp³-hybridized carbons (Fsp3) is 0.471. The zero-order chi connectivity index (χ0) is 16.1. The second-order valence-electron chi connectivity index (χ2n) is 5.70. The number of ether oxygens (including phenoxy) is 2. The summed E-state index contributed by atoms with van der Waals surface area (Å²) in [6, 6.07) is 5.00. The topological polar surface area (TPSA) is 74.5 Å². The maximum absolute atomic E-state index is 10.8. The molecule has 0 spiro atoms. The Morgan fingerprint density at radius 3 is 2.83 bits per heavy atom. The van der Waals surface area contributed by atoms with Crippen LogP contribution < -0.4 is 9.47 Å². The molecule has 0 amide bonds. The maximum Gasteiger partial charge on any atom is 0.264 e. The van der Waals surface area contributed by atoms with Crippen molar-refractivity contribution < 1.29 is 18.8 Å². The monoisotopic (exact) mass is 316 g/mol. The van der Waals surface area contributed by atoms with Crippen LogP contribution in [0.3, 0.4) is 0 Å². The van der Waals surface area contributed by atoms with E-state index in [0.717, 1.165) is 25.0 Å². The molecule has 1 heterocycles. The molecule has 1 aliphatic carbocycles. The van der Waals surface area contributed by atoms with Crippen molar-refractivity contribution in [1.82, 2.24) is 10.1 Å². The van der Waals surface area contributed by atoms with Crippen molar-refractivity contribution in [1.29, 1.82) is 0 Å². The number of rotatable bonds is 6. The second-order valence-corrected chi connectivity index (χ2v) is 5.70. The van der Waals surface area contributed by atoms with E-state index in [9.17, 15) is 4.79 Å². The lowest BCUT2D eigenvalue weighted by atomic mass is 9.89. The molecule has 0 atom stereocenters. The molecule has 6 nitrogen and oxygen atoms in total. The lowest BCUT2D eigenvalue weighted by molar-refractivity contribution is 0.112. The predicted octanol–water partition coefficient (Wildman–Crippen LogP) is 3.52. The van der Waals surface area contributed by atoms with Crippen molar-refractivity contribution in [3.8, 4) is 11.5 Å². The summed E-state index contributed by atoms with van der Waals surface area (Å²) in [5.41, 5.74) is 0.534. The molecule has 0 bridgehead atoms. The third-order valence-corrected chi connectivity index (χ3v) is 4.13. The summed E-state index contributed by atoms with van der Waals surface area (Å²) in [7, 11) is 1.53. The van der Waals surface area contributed by atoms with E-state index in [1.54, 1.807) is 18.2 Å². The van der Waals surface area contributed by atoms with Gasteiger partial charge in [-0.25, -0.2) is 0 Å². The highest BCUT2D eigenvalue weighted by molar-refractivity contribution is 5.76. The fourth-order valence-corrected chi connectivity index (χ4v) is 2.87. The first-order valence-corrected chi connectivity index (χ1v) is 7.88. The predicted molar refractivity (Wildman–Crippen MR) is 82.8 cm³/mol. The highest BCUT2D eigenvalue weighted by Gasteiger charge is 2.21. The number of carbonyl (C=O) groups is 1. The minimum absolute atomic E-state index is 0.177. The van der Waals surface area contributed by atoms with Crippen molar-refractivity contribution >= 4 is 6.29 Å². The standard InChI is InChI=1S/C17H20N2O4/c1-21-15-9-12(10-20)7-8-14(15)22-11-16-18-17(19-23-16)13-5-3-2-4-6-13/h7-10,13H,2-6,11H2,1H3. The van der Waals surface area contributed by atoms with E-state index in [1.807, 2.05) is 0 Å². The van der Waals surface area contributed by atoms with Crippen LogP contribution in [0.4, 0.5) is 0 Å². The van der Waals surface area contributed by atoms with Crippen LogP contribution in [0.25, 0.3) is 0 Å². The molecule has 6 heteroatoms. The molecule has 0 radical (unpaired) electrons. The van der Waals surface area contributed by atoms with Crippen LogP contribution in [-0.4, -0.2) is 23.5 Å². The van der Waals surface area contributed by atoms with Crippen molar-refractivity contribution in [3.63, 3.8) is 0 Å². The minimum atomic E-state index is 0.177. The van der Waals surface area contributed by atoms with Gasteiger partial charge in [-0.2, -0.15) is 4.98 Å². The number of methoxy groups -OCH3 is 1. The van der Waals surface area contributed by atoms with Gasteiger partial charge in [0.1, 0.15) is 6.29 Å².